The summed E-state index contributed by atoms with van der Waals surface area (Å²) in [7, 11) is 3.04. The highest BCUT2D eigenvalue weighted by molar-refractivity contribution is 5.90. The maximum atomic E-state index is 12.1. The van der Waals surface area contributed by atoms with Gasteiger partial charge in [0, 0.05) is 19.2 Å². The smallest absolute Gasteiger partial charge is 0.317 e. The van der Waals surface area contributed by atoms with Gasteiger partial charge in [0.25, 0.3) is 5.69 Å². The van der Waals surface area contributed by atoms with E-state index in [9.17, 15) is 10.0 Å². The van der Waals surface area contributed by atoms with Crippen LogP contribution in [0.15, 0.2) is 59.3 Å². The highest BCUT2D eigenvalue weighted by Crippen LogP contribution is 2.27. The van der Waals surface area contributed by atoms with Crippen LogP contribution in [-0.2, 0) is 6.61 Å². The predicted molar refractivity (Wildman–Crippen MR) is 107 cm³/mol. The van der Waals surface area contributed by atoms with Crippen LogP contribution in [0.3, 0.4) is 0 Å². The first-order chi connectivity index (χ1) is 14.6. The molecule has 3 heterocycles. The van der Waals surface area contributed by atoms with E-state index in [1.807, 2.05) is 12.1 Å². The molecule has 9 heteroatoms. The van der Waals surface area contributed by atoms with Crippen molar-refractivity contribution in [2.45, 2.75) is 6.61 Å². The number of nitrogens with zero attached hydrogens (tertiary/aromatic N) is 3. The molecule has 3 aromatic heterocycles. The second kappa shape index (κ2) is 8.08. The van der Waals surface area contributed by atoms with Gasteiger partial charge in [-0.1, -0.05) is 0 Å². The van der Waals surface area contributed by atoms with Crippen LogP contribution in [-0.4, -0.2) is 30.0 Å². The molecule has 1 N–H and O–H groups in total. The van der Waals surface area contributed by atoms with E-state index in [0.717, 1.165) is 5.69 Å². The molecule has 4 aromatic rings. The summed E-state index contributed by atoms with van der Waals surface area (Å²) in [6.45, 7) is 0.289. The zero-order chi connectivity index (χ0) is 21.1. The van der Waals surface area contributed by atoms with E-state index in [1.54, 1.807) is 37.6 Å². The third-order valence-corrected chi connectivity index (χ3v) is 4.40. The van der Waals surface area contributed by atoms with Gasteiger partial charge in [-0.3, -0.25) is 9.78 Å². The molecule has 0 atom stereocenters. The average molecular weight is 406 g/mol. The molecular formula is C21H18N4O5. The van der Waals surface area contributed by atoms with Crippen molar-refractivity contribution < 1.29 is 23.4 Å². The normalized spacial score (nSPS) is 10.7. The maximum Gasteiger partial charge on any atom is 0.317 e. The molecule has 0 radical (unpaired) electrons. The monoisotopic (exact) mass is 406 g/mol. The molecule has 0 bridgehead atoms. The van der Waals surface area contributed by atoms with Crippen molar-refractivity contribution in [3.63, 3.8) is 0 Å². The Labute approximate surface area is 171 Å². The number of benzene rings is 1. The molecule has 30 heavy (non-hydrogen) atoms. The Kier molecular flexibility index (Phi) is 5.17. The number of aromatic nitrogens is 3. The second-order valence-electron chi connectivity index (χ2n) is 6.33. The summed E-state index contributed by atoms with van der Waals surface area (Å²) in [5, 5.41) is 14.5. The number of methoxy groups -OCH3 is 1. The Morgan fingerprint density at radius 3 is 2.73 bits per heavy atom. The highest BCUT2D eigenvalue weighted by atomic mass is 16.5. The Balaban J connectivity index is 1.53. The molecular weight excluding hydrogens is 388 g/mol. The maximum absolute atomic E-state index is 12.1. The topological polar surface area (TPSA) is 113 Å². The molecule has 0 spiro atoms. The molecule has 0 saturated heterocycles. The zero-order valence-corrected chi connectivity index (χ0v) is 16.3. The molecule has 1 aromatic carbocycles. The summed E-state index contributed by atoms with van der Waals surface area (Å²) < 4.78 is 17.1. The van der Waals surface area contributed by atoms with E-state index in [2.05, 4.69) is 15.3 Å². The Hall–Kier alpha value is -4.14. The van der Waals surface area contributed by atoms with E-state index >= 15 is 0 Å². The molecule has 152 valence electrons. The van der Waals surface area contributed by atoms with Crippen molar-refractivity contribution in [1.82, 2.24) is 15.3 Å². The summed E-state index contributed by atoms with van der Waals surface area (Å²) in [6.07, 6.45) is 2.88. The molecule has 0 aliphatic rings. The number of carbonyl (C=O) groups is 1. The van der Waals surface area contributed by atoms with Crippen molar-refractivity contribution in [2.24, 2.45) is 0 Å². The fourth-order valence-electron chi connectivity index (χ4n) is 2.81. The first kappa shape index (κ1) is 19.2. The van der Waals surface area contributed by atoms with Gasteiger partial charge in [0.1, 0.15) is 29.2 Å². The van der Waals surface area contributed by atoms with Gasteiger partial charge in [-0.15, -0.1) is 0 Å². The number of hydrogen-bond donors (Lipinski definition) is 1. The summed E-state index contributed by atoms with van der Waals surface area (Å²) in [5.41, 5.74) is 2.33. The number of ether oxygens (including phenoxy) is 2. The summed E-state index contributed by atoms with van der Waals surface area (Å²) in [6, 6.07) is 11.9. The van der Waals surface area contributed by atoms with Crippen LogP contribution < -0.4 is 19.5 Å². The van der Waals surface area contributed by atoms with Crippen molar-refractivity contribution in [2.75, 3.05) is 14.2 Å². The number of pyridine rings is 2. The quantitative estimate of drug-likeness (QED) is 0.386. The van der Waals surface area contributed by atoms with Gasteiger partial charge in [-0.25, -0.2) is 4.98 Å². The van der Waals surface area contributed by atoms with Gasteiger partial charge in [0.05, 0.1) is 19.0 Å². The van der Waals surface area contributed by atoms with Crippen LogP contribution in [0.25, 0.3) is 22.6 Å². The SMILES string of the molecule is CNC(=O)c1ccc(-c2nc3cc(OCc4ccc(OC)cn4)ccc3o2)c[n+]1[O-]. The average Bonchev–Trinajstić information content (AvgIpc) is 3.21. The first-order valence-electron chi connectivity index (χ1n) is 9.05. The Bertz CT molecular complexity index is 1200. The third-order valence-electron chi connectivity index (χ3n) is 4.40. The van der Waals surface area contributed by atoms with Crippen molar-refractivity contribution in [3.8, 4) is 23.0 Å². The molecule has 0 saturated carbocycles. The highest BCUT2D eigenvalue weighted by Gasteiger charge is 2.18. The van der Waals surface area contributed by atoms with Gasteiger partial charge in [-0.05, 0) is 30.3 Å². The lowest BCUT2D eigenvalue weighted by Gasteiger charge is -2.06. The minimum atomic E-state index is -0.470. The molecule has 0 fully saturated rings. The first-order valence-corrected chi connectivity index (χ1v) is 9.05. The Morgan fingerprint density at radius 1 is 1.20 bits per heavy atom. The molecule has 0 aliphatic heterocycles. The van der Waals surface area contributed by atoms with E-state index in [4.69, 9.17) is 13.9 Å². The molecule has 0 aliphatic carbocycles. The number of oxazole rings is 1. The number of amides is 1. The van der Waals surface area contributed by atoms with Crippen LogP contribution in [0.5, 0.6) is 11.5 Å². The fourth-order valence-corrected chi connectivity index (χ4v) is 2.81. The zero-order valence-electron chi connectivity index (χ0n) is 16.3. The lowest BCUT2D eigenvalue weighted by atomic mass is 10.2. The molecule has 1 amide bonds. The van der Waals surface area contributed by atoms with Crippen molar-refractivity contribution >= 4 is 17.0 Å². The van der Waals surface area contributed by atoms with Gasteiger partial charge in [-0.2, -0.15) is 4.73 Å². The van der Waals surface area contributed by atoms with Crippen LogP contribution in [0.1, 0.15) is 16.2 Å². The van der Waals surface area contributed by atoms with Gasteiger partial charge in [0.15, 0.2) is 11.8 Å². The van der Waals surface area contributed by atoms with Gasteiger partial charge in [0.2, 0.25) is 5.89 Å². The number of hydrogen-bond acceptors (Lipinski definition) is 7. The van der Waals surface area contributed by atoms with Gasteiger partial charge < -0.3 is 24.4 Å². The van der Waals surface area contributed by atoms with Crippen LogP contribution in [0.4, 0.5) is 0 Å². The molecule has 4 rings (SSSR count). The van der Waals surface area contributed by atoms with Crippen molar-refractivity contribution in [1.29, 1.82) is 0 Å². The summed E-state index contributed by atoms with van der Waals surface area (Å²) in [4.78, 5) is 20.3. The Morgan fingerprint density at radius 2 is 2.03 bits per heavy atom. The van der Waals surface area contributed by atoms with E-state index in [-0.39, 0.29) is 18.2 Å². The number of carbonyl (C=O) groups excluding carboxylic acids is 1. The summed E-state index contributed by atoms with van der Waals surface area (Å²) >= 11 is 0. The van der Waals surface area contributed by atoms with E-state index in [1.165, 1.54) is 19.3 Å². The number of fused-ring (bicyclic) bond motifs is 1. The lowest BCUT2D eigenvalue weighted by molar-refractivity contribution is -0.607. The van der Waals surface area contributed by atoms with Crippen LogP contribution >= 0.6 is 0 Å². The van der Waals surface area contributed by atoms with E-state index in [0.29, 0.717) is 32.9 Å². The van der Waals surface area contributed by atoms with Gasteiger partial charge >= 0.3 is 5.91 Å². The summed E-state index contributed by atoms with van der Waals surface area (Å²) in [5.74, 6) is 1.08. The predicted octanol–water partition coefficient (Wildman–Crippen LogP) is 2.47. The second-order valence-corrected chi connectivity index (χ2v) is 6.33. The number of rotatable bonds is 6. The van der Waals surface area contributed by atoms with E-state index < -0.39 is 5.91 Å². The van der Waals surface area contributed by atoms with Crippen LogP contribution in [0, 0.1) is 5.21 Å². The standard InChI is InChI=1S/C21H18N4O5/c1-22-20(26)18-7-3-13(11-25(18)27)21-24-17-9-15(6-8-19(17)30-21)29-12-14-4-5-16(28-2)10-23-14/h3-11H,12H2,1-2H3,(H,22,26). The minimum Gasteiger partial charge on any atom is -0.618 e. The minimum absolute atomic E-state index is 0.0137. The molecule has 0 unspecified atom stereocenters. The number of nitrogens with one attached hydrogen (secondary N) is 1. The van der Waals surface area contributed by atoms with Crippen molar-refractivity contribution in [3.05, 3.63) is 71.5 Å². The fraction of sp³-hybridized carbons (Fsp3) is 0.143. The molecule has 9 nitrogen and oxygen atoms in total. The largest absolute Gasteiger partial charge is 0.618 e. The third kappa shape index (κ3) is 3.86. The lowest BCUT2D eigenvalue weighted by Crippen LogP contribution is -2.38. The van der Waals surface area contributed by atoms with Crippen LogP contribution in [0.2, 0.25) is 0 Å².